The lowest BCUT2D eigenvalue weighted by molar-refractivity contribution is 0.521. The van der Waals surface area contributed by atoms with Crippen molar-refractivity contribution in [2.45, 2.75) is 12.8 Å². The number of hydrogen-bond donors (Lipinski definition) is 2. The minimum absolute atomic E-state index is 0.118. The molecule has 1 unspecified atom stereocenters. The van der Waals surface area contributed by atoms with E-state index in [2.05, 4.69) is 4.72 Å². The van der Waals surface area contributed by atoms with Crippen LogP contribution in [0.4, 0.5) is 10.1 Å². The molecule has 0 saturated carbocycles. The van der Waals surface area contributed by atoms with Crippen LogP contribution in [0.2, 0.25) is 0 Å². The second kappa shape index (κ2) is 5.79. The van der Waals surface area contributed by atoms with Crippen LogP contribution in [0, 0.1) is 5.82 Å². The lowest BCUT2D eigenvalue weighted by Crippen LogP contribution is -2.18. The number of rotatable bonds is 5. The Morgan fingerprint density at radius 2 is 2.27 bits per heavy atom. The van der Waals surface area contributed by atoms with Crippen LogP contribution in [0.15, 0.2) is 18.2 Å². The first-order chi connectivity index (χ1) is 7.09. The third-order valence-corrected chi connectivity index (χ3v) is 2.36. The highest BCUT2D eigenvalue weighted by Crippen LogP contribution is 2.13. The Kier molecular flexibility index (Phi) is 4.67. The molecule has 0 aliphatic rings. The molecule has 1 aromatic carbocycles. The minimum Gasteiger partial charge on any atom is -0.760 e. The van der Waals surface area contributed by atoms with E-state index in [4.69, 9.17) is 5.73 Å². The first-order valence-corrected chi connectivity index (χ1v) is 5.54. The van der Waals surface area contributed by atoms with Crippen LogP contribution in [0.5, 0.6) is 0 Å². The van der Waals surface area contributed by atoms with Crippen LogP contribution in [-0.2, 0) is 17.7 Å². The molecule has 0 aliphatic carbocycles. The molecular formula is C9H12FN2O2S-. The van der Waals surface area contributed by atoms with Crippen molar-refractivity contribution in [3.63, 3.8) is 0 Å². The molecule has 84 valence electrons. The highest BCUT2D eigenvalue weighted by Gasteiger charge is 1.99. The van der Waals surface area contributed by atoms with E-state index in [1.54, 1.807) is 12.1 Å². The van der Waals surface area contributed by atoms with E-state index < -0.39 is 17.1 Å². The summed E-state index contributed by atoms with van der Waals surface area (Å²) in [5.74, 6) is -0.433. The van der Waals surface area contributed by atoms with Gasteiger partial charge in [-0.1, -0.05) is 6.07 Å². The molecule has 0 amide bonds. The number of nitrogens with two attached hydrogens (primary N) is 1. The number of nitrogen functional groups attached to an aromatic ring is 1. The predicted octanol–water partition coefficient (Wildman–Crippen LogP) is 0.724. The molecule has 1 atom stereocenters. The molecule has 0 bridgehead atoms. The Morgan fingerprint density at radius 3 is 2.87 bits per heavy atom. The number of nitrogens with one attached hydrogen (secondary N) is 1. The second-order valence-electron chi connectivity index (χ2n) is 3.09. The zero-order valence-electron chi connectivity index (χ0n) is 8.03. The van der Waals surface area contributed by atoms with Gasteiger partial charge in [0.1, 0.15) is 5.82 Å². The van der Waals surface area contributed by atoms with Gasteiger partial charge in [0.15, 0.2) is 0 Å². The predicted molar refractivity (Wildman–Crippen MR) is 56.1 cm³/mol. The van der Waals surface area contributed by atoms with E-state index in [-0.39, 0.29) is 5.69 Å². The van der Waals surface area contributed by atoms with Crippen LogP contribution in [0.1, 0.15) is 12.0 Å². The van der Waals surface area contributed by atoms with Gasteiger partial charge in [0.05, 0.1) is 5.69 Å². The standard InChI is InChI=1S/C9H13FN2O2S/c10-8-4-3-7(6-9(8)11)2-1-5-12-15(13)14/h3-4,6,12H,1-2,5,11H2,(H,13,14)/p-1. The molecule has 15 heavy (non-hydrogen) atoms. The van der Waals surface area contributed by atoms with E-state index in [0.717, 1.165) is 5.56 Å². The number of aryl methyl sites for hydroxylation is 1. The van der Waals surface area contributed by atoms with Gasteiger partial charge in [0, 0.05) is 17.8 Å². The Hall–Kier alpha value is -0.980. The van der Waals surface area contributed by atoms with Crippen molar-refractivity contribution in [3.8, 4) is 0 Å². The van der Waals surface area contributed by atoms with Crippen molar-refractivity contribution in [2.24, 2.45) is 0 Å². The summed E-state index contributed by atoms with van der Waals surface area (Å²) in [4.78, 5) is 0. The third-order valence-electron chi connectivity index (χ3n) is 1.92. The monoisotopic (exact) mass is 231 g/mol. The van der Waals surface area contributed by atoms with E-state index in [9.17, 15) is 13.2 Å². The van der Waals surface area contributed by atoms with Crippen molar-refractivity contribution < 1.29 is 13.2 Å². The smallest absolute Gasteiger partial charge is 0.146 e. The summed E-state index contributed by atoms with van der Waals surface area (Å²) in [5, 5.41) is 0. The lowest BCUT2D eigenvalue weighted by atomic mass is 10.1. The molecule has 6 heteroatoms. The van der Waals surface area contributed by atoms with Crippen LogP contribution in [0.3, 0.4) is 0 Å². The zero-order valence-corrected chi connectivity index (χ0v) is 8.85. The molecule has 0 heterocycles. The highest BCUT2D eigenvalue weighted by atomic mass is 32.2. The van der Waals surface area contributed by atoms with Gasteiger partial charge < -0.3 is 10.3 Å². The third kappa shape index (κ3) is 4.37. The molecule has 1 aromatic rings. The summed E-state index contributed by atoms with van der Waals surface area (Å²) in [5.41, 5.74) is 6.40. The number of benzene rings is 1. The van der Waals surface area contributed by atoms with Gasteiger partial charge in [0.2, 0.25) is 0 Å². The topological polar surface area (TPSA) is 78.2 Å². The van der Waals surface area contributed by atoms with Crippen molar-refractivity contribution >= 4 is 17.0 Å². The Labute approximate surface area is 90.1 Å². The molecule has 3 N–H and O–H groups in total. The van der Waals surface area contributed by atoms with E-state index >= 15 is 0 Å². The number of anilines is 1. The quantitative estimate of drug-likeness (QED) is 0.445. The fourth-order valence-electron chi connectivity index (χ4n) is 1.20. The average molecular weight is 231 g/mol. The van der Waals surface area contributed by atoms with Gasteiger partial charge in [-0.2, -0.15) is 0 Å². The van der Waals surface area contributed by atoms with Crippen molar-refractivity contribution in [1.29, 1.82) is 0 Å². The first kappa shape index (κ1) is 12.1. The fourth-order valence-corrected chi connectivity index (χ4v) is 1.51. The molecule has 0 radical (unpaired) electrons. The minimum atomic E-state index is -2.22. The molecule has 0 saturated heterocycles. The van der Waals surface area contributed by atoms with Crippen LogP contribution < -0.4 is 10.5 Å². The summed E-state index contributed by atoms with van der Waals surface area (Å²) in [7, 11) is 0. The van der Waals surface area contributed by atoms with Gasteiger partial charge in [-0.15, -0.1) is 0 Å². The molecule has 0 aliphatic heterocycles. The molecule has 0 fully saturated rings. The van der Waals surface area contributed by atoms with Crippen molar-refractivity contribution in [3.05, 3.63) is 29.6 Å². The maximum atomic E-state index is 12.8. The van der Waals surface area contributed by atoms with E-state index in [1.165, 1.54) is 6.07 Å². The maximum Gasteiger partial charge on any atom is 0.146 e. The van der Waals surface area contributed by atoms with Crippen LogP contribution in [0.25, 0.3) is 0 Å². The summed E-state index contributed by atoms with van der Waals surface area (Å²) >= 11 is -2.22. The number of hydrogen-bond acceptors (Lipinski definition) is 3. The average Bonchev–Trinajstić information content (AvgIpc) is 2.18. The summed E-state index contributed by atoms with van der Waals surface area (Å²) < 4.78 is 35.3. The van der Waals surface area contributed by atoms with Crippen LogP contribution >= 0.6 is 0 Å². The molecule has 0 spiro atoms. The molecule has 1 rings (SSSR count). The van der Waals surface area contributed by atoms with Crippen molar-refractivity contribution in [1.82, 2.24) is 4.72 Å². The zero-order chi connectivity index (χ0) is 11.3. The van der Waals surface area contributed by atoms with Crippen molar-refractivity contribution in [2.75, 3.05) is 12.3 Å². The number of halogens is 1. The van der Waals surface area contributed by atoms with E-state index in [1.807, 2.05) is 0 Å². The highest BCUT2D eigenvalue weighted by molar-refractivity contribution is 7.77. The van der Waals surface area contributed by atoms with Gasteiger partial charge in [-0.05, 0) is 30.5 Å². The van der Waals surface area contributed by atoms with Crippen LogP contribution in [-0.4, -0.2) is 15.3 Å². The summed E-state index contributed by atoms with van der Waals surface area (Å²) in [6.45, 7) is 0.368. The molecule has 4 nitrogen and oxygen atoms in total. The maximum absolute atomic E-state index is 12.8. The largest absolute Gasteiger partial charge is 0.760 e. The molecule has 0 aromatic heterocycles. The van der Waals surface area contributed by atoms with Gasteiger partial charge in [0.25, 0.3) is 0 Å². The Balaban J connectivity index is 2.38. The van der Waals surface area contributed by atoms with Gasteiger partial charge in [-0.25, -0.2) is 9.11 Å². The van der Waals surface area contributed by atoms with Gasteiger partial charge in [-0.3, -0.25) is 4.21 Å². The Bertz CT molecular complexity index is 360. The fraction of sp³-hybridized carbons (Fsp3) is 0.333. The van der Waals surface area contributed by atoms with E-state index in [0.29, 0.717) is 19.4 Å². The van der Waals surface area contributed by atoms with Gasteiger partial charge >= 0.3 is 0 Å². The SMILES string of the molecule is Nc1cc(CCCNS(=O)[O-])ccc1F. The lowest BCUT2D eigenvalue weighted by Gasteiger charge is -2.07. The first-order valence-electron chi connectivity index (χ1n) is 4.46. The normalized spacial score (nSPS) is 12.7. The Morgan fingerprint density at radius 1 is 1.53 bits per heavy atom. The molecular weight excluding hydrogens is 219 g/mol. The summed E-state index contributed by atoms with van der Waals surface area (Å²) in [6.07, 6.45) is 1.31. The summed E-state index contributed by atoms with van der Waals surface area (Å²) in [6, 6.07) is 4.51. The second-order valence-corrected chi connectivity index (χ2v) is 3.85.